The number of benzene rings is 1. The highest BCUT2D eigenvalue weighted by molar-refractivity contribution is 7.86. The average Bonchev–Trinajstić information content (AvgIpc) is 2.98. The molecule has 16 heavy (non-hydrogen) atoms. The Morgan fingerprint density at radius 2 is 1.88 bits per heavy atom. The van der Waals surface area contributed by atoms with E-state index in [1.807, 2.05) is 6.92 Å². The summed E-state index contributed by atoms with van der Waals surface area (Å²) in [6.45, 7) is 5.50. The van der Waals surface area contributed by atoms with Gasteiger partial charge in [-0.25, -0.2) is 0 Å². The minimum Gasteiger partial charge on any atom is -0.255 e. The van der Waals surface area contributed by atoms with Gasteiger partial charge in [-0.05, 0) is 31.9 Å². The number of aryl methyl sites for hydroxylation is 1. The third kappa shape index (κ3) is 2.18. The average molecular weight is 238 g/mol. The van der Waals surface area contributed by atoms with E-state index >= 15 is 0 Å². The first kappa shape index (κ1) is 11.4. The summed E-state index contributed by atoms with van der Waals surface area (Å²) in [7, 11) is -3.66. The van der Waals surface area contributed by atoms with Crippen molar-refractivity contribution in [1.29, 1.82) is 0 Å². The van der Waals surface area contributed by atoms with Crippen LogP contribution in [0.1, 0.15) is 18.4 Å². The SMILES string of the molecule is C=CC1(OS(=O)(=O)c2ccc(C)cc2)CC1. The lowest BCUT2D eigenvalue weighted by Gasteiger charge is -2.11. The molecule has 1 aromatic rings. The summed E-state index contributed by atoms with van der Waals surface area (Å²) in [5.74, 6) is 0. The Morgan fingerprint density at radius 1 is 1.31 bits per heavy atom. The molecule has 1 aliphatic rings. The summed E-state index contributed by atoms with van der Waals surface area (Å²) >= 11 is 0. The van der Waals surface area contributed by atoms with Crippen molar-refractivity contribution >= 4 is 10.1 Å². The van der Waals surface area contributed by atoms with E-state index in [9.17, 15) is 8.42 Å². The summed E-state index contributed by atoms with van der Waals surface area (Å²) < 4.78 is 28.9. The fourth-order valence-corrected chi connectivity index (χ4v) is 2.65. The first-order valence-electron chi connectivity index (χ1n) is 5.13. The zero-order valence-corrected chi connectivity index (χ0v) is 9.96. The highest BCUT2D eigenvalue weighted by Gasteiger charge is 2.45. The second kappa shape index (κ2) is 3.71. The van der Waals surface area contributed by atoms with Crippen molar-refractivity contribution in [3.8, 4) is 0 Å². The van der Waals surface area contributed by atoms with Crippen molar-refractivity contribution in [2.75, 3.05) is 0 Å². The van der Waals surface area contributed by atoms with Gasteiger partial charge in [0.05, 0.1) is 4.90 Å². The van der Waals surface area contributed by atoms with Crippen molar-refractivity contribution < 1.29 is 12.6 Å². The Bertz CT molecular complexity index is 496. The predicted octanol–water partition coefficient (Wildman–Crippen LogP) is 2.42. The molecular weight excluding hydrogens is 224 g/mol. The van der Waals surface area contributed by atoms with Gasteiger partial charge >= 0.3 is 0 Å². The van der Waals surface area contributed by atoms with Crippen LogP contribution in [0.25, 0.3) is 0 Å². The summed E-state index contributed by atoms with van der Waals surface area (Å²) in [6, 6.07) is 6.63. The zero-order chi connectivity index (χ0) is 11.8. The molecule has 0 heterocycles. The van der Waals surface area contributed by atoms with Crippen LogP contribution in [0.2, 0.25) is 0 Å². The van der Waals surface area contributed by atoms with E-state index in [2.05, 4.69) is 6.58 Å². The van der Waals surface area contributed by atoms with E-state index < -0.39 is 15.7 Å². The smallest absolute Gasteiger partial charge is 0.255 e. The molecule has 0 radical (unpaired) electrons. The maximum Gasteiger partial charge on any atom is 0.297 e. The first-order valence-corrected chi connectivity index (χ1v) is 6.54. The summed E-state index contributed by atoms with van der Waals surface area (Å²) in [5.41, 5.74) is 0.368. The van der Waals surface area contributed by atoms with Gasteiger partial charge in [0.25, 0.3) is 10.1 Å². The Morgan fingerprint density at radius 3 is 2.31 bits per heavy atom. The van der Waals surface area contributed by atoms with Crippen LogP contribution in [0.15, 0.2) is 41.8 Å². The molecule has 1 saturated carbocycles. The van der Waals surface area contributed by atoms with Crippen LogP contribution < -0.4 is 0 Å². The molecule has 2 rings (SSSR count). The molecule has 0 aliphatic heterocycles. The van der Waals surface area contributed by atoms with Crippen LogP contribution in [0, 0.1) is 6.92 Å². The molecule has 0 spiro atoms. The summed E-state index contributed by atoms with van der Waals surface area (Å²) in [4.78, 5) is 0.200. The van der Waals surface area contributed by atoms with Crippen LogP contribution in [-0.4, -0.2) is 14.0 Å². The van der Waals surface area contributed by atoms with Crippen LogP contribution >= 0.6 is 0 Å². The molecule has 0 atom stereocenters. The molecule has 86 valence electrons. The largest absolute Gasteiger partial charge is 0.297 e. The van der Waals surface area contributed by atoms with Crippen LogP contribution in [0.3, 0.4) is 0 Å². The molecule has 3 nitrogen and oxygen atoms in total. The Balaban J connectivity index is 2.25. The first-order chi connectivity index (χ1) is 7.47. The second-order valence-electron chi connectivity index (χ2n) is 4.12. The molecule has 0 saturated heterocycles. The normalized spacial score (nSPS) is 18.1. The standard InChI is InChI=1S/C12H14O3S/c1-3-12(8-9-12)15-16(13,14)11-6-4-10(2)5-7-11/h3-7H,1,8-9H2,2H3. The molecule has 4 heteroatoms. The van der Waals surface area contributed by atoms with E-state index in [4.69, 9.17) is 4.18 Å². The molecule has 0 amide bonds. The van der Waals surface area contributed by atoms with Gasteiger partial charge in [0, 0.05) is 0 Å². The van der Waals surface area contributed by atoms with Crippen molar-refractivity contribution in [3.63, 3.8) is 0 Å². The van der Waals surface area contributed by atoms with E-state index in [1.54, 1.807) is 30.3 Å². The molecule has 1 fully saturated rings. The van der Waals surface area contributed by atoms with Crippen molar-refractivity contribution in [3.05, 3.63) is 42.5 Å². The monoisotopic (exact) mass is 238 g/mol. The minimum atomic E-state index is -3.66. The molecular formula is C12H14O3S. The van der Waals surface area contributed by atoms with Gasteiger partial charge in [-0.3, -0.25) is 4.18 Å². The lowest BCUT2D eigenvalue weighted by molar-refractivity contribution is 0.237. The van der Waals surface area contributed by atoms with Crippen LogP contribution in [0.5, 0.6) is 0 Å². The van der Waals surface area contributed by atoms with Crippen molar-refractivity contribution in [2.24, 2.45) is 0 Å². The lowest BCUT2D eigenvalue weighted by atomic mass is 10.2. The van der Waals surface area contributed by atoms with Gasteiger partial charge in [0.1, 0.15) is 5.60 Å². The van der Waals surface area contributed by atoms with Gasteiger partial charge in [-0.2, -0.15) is 8.42 Å². The lowest BCUT2D eigenvalue weighted by Crippen LogP contribution is -2.17. The van der Waals surface area contributed by atoms with Gasteiger partial charge in [0.2, 0.25) is 0 Å². The van der Waals surface area contributed by atoms with Crippen LogP contribution in [0.4, 0.5) is 0 Å². The molecule has 1 aromatic carbocycles. The van der Waals surface area contributed by atoms with Gasteiger partial charge in [0.15, 0.2) is 0 Å². The van der Waals surface area contributed by atoms with E-state index in [-0.39, 0.29) is 4.90 Å². The highest BCUT2D eigenvalue weighted by atomic mass is 32.2. The van der Waals surface area contributed by atoms with E-state index in [0.29, 0.717) is 0 Å². The maximum atomic E-state index is 11.9. The molecule has 0 bridgehead atoms. The quantitative estimate of drug-likeness (QED) is 0.597. The summed E-state index contributed by atoms with van der Waals surface area (Å²) in [5, 5.41) is 0. The van der Waals surface area contributed by atoms with E-state index in [0.717, 1.165) is 18.4 Å². The molecule has 0 unspecified atom stereocenters. The van der Waals surface area contributed by atoms with E-state index in [1.165, 1.54) is 0 Å². The third-order valence-electron chi connectivity index (χ3n) is 2.70. The highest BCUT2D eigenvalue weighted by Crippen LogP contribution is 2.42. The van der Waals surface area contributed by atoms with Gasteiger partial charge in [-0.1, -0.05) is 23.8 Å². The number of hydrogen-bond acceptors (Lipinski definition) is 3. The molecule has 1 aliphatic carbocycles. The fourth-order valence-electron chi connectivity index (χ4n) is 1.42. The molecule has 0 N–H and O–H groups in total. The Hall–Kier alpha value is -1.13. The Kier molecular flexibility index (Phi) is 2.64. The van der Waals surface area contributed by atoms with Gasteiger partial charge in [-0.15, -0.1) is 6.58 Å². The van der Waals surface area contributed by atoms with Crippen LogP contribution in [-0.2, 0) is 14.3 Å². The van der Waals surface area contributed by atoms with Crippen molar-refractivity contribution in [2.45, 2.75) is 30.3 Å². The maximum absolute atomic E-state index is 11.9. The topological polar surface area (TPSA) is 43.4 Å². The van der Waals surface area contributed by atoms with Gasteiger partial charge < -0.3 is 0 Å². The number of hydrogen-bond donors (Lipinski definition) is 0. The third-order valence-corrected chi connectivity index (χ3v) is 4.10. The minimum absolute atomic E-state index is 0.200. The zero-order valence-electron chi connectivity index (χ0n) is 9.14. The second-order valence-corrected chi connectivity index (χ2v) is 5.67. The number of rotatable bonds is 4. The fraction of sp³-hybridized carbons (Fsp3) is 0.333. The summed E-state index contributed by atoms with van der Waals surface area (Å²) in [6.07, 6.45) is 3.02. The van der Waals surface area contributed by atoms with Crippen molar-refractivity contribution in [1.82, 2.24) is 0 Å². The molecule has 0 aromatic heterocycles. The Labute approximate surface area is 95.9 Å². The predicted molar refractivity (Wildman–Crippen MR) is 61.6 cm³/mol.